The number of anilines is 1. The van der Waals surface area contributed by atoms with Crippen molar-refractivity contribution in [2.45, 2.75) is 45.6 Å². The Morgan fingerprint density at radius 1 is 0.919 bits per heavy atom. The van der Waals surface area contributed by atoms with E-state index in [9.17, 15) is 14.7 Å². The highest BCUT2D eigenvalue weighted by atomic mass is 16.5. The predicted octanol–water partition coefficient (Wildman–Crippen LogP) is 6.19. The maximum absolute atomic E-state index is 13.5. The fraction of sp³-hybridized carbons (Fsp3) is 0.290. The third kappa shape index (κ3) is 4.84. The highest BCUT2D eigenvalue weighted by Gasteiger charge is 2.47. The molecule has 1 saturated heterocycles. The maximum Gasteiger partial charge on any atom is 0.300 e. The lowest BCUT2D eigenvalue weighted by atomic mass is 9.84. The Hall–Kier alpha value is -4.06. The van der Waals surface area contributed by atoms with Crippen LogP contribution in [0.15, 0.2) is 72.3 Å². The van der Waals surface area contributed by atoms with E-state index >= 15 is 0 Å². The molecule has 1 aliphatic heterocycles. The van der Waals surface area contributed by atoms with Gasteiger partial charge in [-0.15, -0.1) is 0 Å². The fourth-order valence-corrected chi connectivity index (χ4v) is 4.69. The number of aryl methyl sites for hydroxylation is 1. The summed E-state index contributed by atoms with van der Waals surface area (Å²) in [4.78, 5) is 28.4. The molecule has 1 heterocycles. The molecule has 1 N–H and O–H groups in total. The largest absolute Gasteiger partial charge is 0.507 e. The molecule has 1 aliphatic rings. The molecule has 0 spiro atoms. The molecule has 0 bridgehead atoms. The van der Waals surface area contributed by atoms with Crippen LogP contribution in [0.1, 0.15) is 56.0 Å². The molecule has 1 amide bonds. The van der Waals surface area contributed by atoms with E-state index in [1.165, 1.54) is 4.90 Å². The zero-order valence-electron chi connectivity index (χ0n) is 22.2. The van der Waals surface area contributed by atoms with E-state index in [1.807, 2.05) is 63.2 Å². The normalized spacial score (nSPS) is 17.2. The molecule has 1 unspecified atom stereocenters. The second kappa shape index (κ2) is 10.1. The number of carbonyl (C=O) groups excluding carboxylic acids is 2. The topological polar surface area (TPSA) is 76.1 Å². The van der Waals surface area contributed by atoms with Crippen LogP contribution in [0, 0.1) is 0 Å². The molecule has 4 rings (SSSR count). The van der Waals surface area contributed by atoms with Gasteiger partial charge < -0.3 is 14.6 Å². The van der Waals surface area contributed by atoms with E-state index in [-0.39, 0.29) is 16.7 Å². The number of rotatable bonds is 6. The molecule has 1 atom stereocenters. The zero-order valence-corrected chi connectivity index (χ0v) is 22.2. The predicted molar refractivity (Wildman–Crippen MR) is 145 cm³/mol. The fourth-order valence-electron chi connectivity index (χ4n) is 4.69. The van der Waals surface area contributed by atoms with Crippen molar-refractivity contribution < 1.29 is 24.2 Å². The van der Waals surface area contributed by atoms with Gasteiger partial charge in [0.15, 0.2) is 0 Å². The van der Waals surface area contributed by atoms with Crippen LogP contribution in [0.3, 0.4) is 0 Å². The number of aliphatic hydroxyl groups excluding tert-OH is 1. The lowest BCUT2D eigenvalue weighted by Crippen LogP contribution is -2.29. The lowest BCUT2D eigenvalue weighted by molar-refractivity contribution is -0.132. The summed E-state index contributed by atoms with van der Waals surface area (Å²) in [6.07, 6.45) is 0.856. The summed E-state index contributed by atoms with van der Waals surface area (Å²) in [5.41, 5.74) is 3.49. The van der Waals surface area contributed by atoms with Crippen molar-refractivity contribution in [1.82, 2.24) is 0 Å². The van der Waals surface area contributed by atoms with Crippen molar-refractivity contribution in [2.75, 3.05) is 19.1 Å². The summed E-state index contributed by atoms with van der Waals surface area (Å²) in [5.74, 6) is -0.299. The first-order chi connectivity index (χ1) is 17.6. The van der Waals surface area contributed by atoms with E-state index in [0.29, 0.717) is 28.3 Å². The molecule has 3 aromatic carbocycles. The lowest BCUT2D eigenvalue weighted by Gasteiger charge is -2.26. The molecule has 0 radical (unpaired) electrons. The first kappa shape index (κ1) is 26.0. The van der Waals surface area contributed by atoms with E-state index in [1.54, 1.807) is 38.5 Å². The quantitative estimate of drug-likeness (QED) is 0.249. The minimum Gasteiger partial charge on any atom is -0.507 e. The minimum absolute atomic E-state index is 0.0414. The van der Waals surface area contributed by atoms with Crippen molar-refractivity contribution >= 4 is 23.1 Å². The Labute approximate surface area is 218 Å². The smallest absolute Gasteiger partial charge is 0.300 e. The van der Waals surface area contributed by atoms with Gasteiger partial charge in [0.1, 0.15) is 17.3 Å². The summed E-state index contributed by atoms with van der Waals surface area (Å²) in [6.45, 7) is 8.19. The number of carbonyl (C=O) groups is 2. The first-order valence-electron chi connectivity index (χ1n) is 12.3. The molecule has 37 heavy (non-hydrogen) atoms. The number of hydrogen-bond acceptors (Lipinski definition) is 5. The Kier molecular flexibility index (Phi) is 7.12. The molecule has 3 aromatic rings. The Balaban J connectivity index is 1.93. The second-order valence-corrected chi connectivity index (χ2v) is 10.1. The minimum atomic E-state index is -0.807. The van der Waals surface area contributed by atoms with Gasteiger partial charge in [-0.2, -0.15) is 0 Å². The molecular formula is C31H33NO5. The van der Waals surface area contributed by atoms with Crippen LogP contribution in [0.2, 0.25) is 0 Å². The average Bonchev–Trinajstić information content (AvgIpc) is 3.17. The summed E-state index contributed by atoms with van der Waals surface area (Å²) in [7, 11) is 3.18. The van der Waals surface area contributed by atoms with E-state index in [0.717, 1.165) is 17.5 Å². The molecule has 6 nitrogen and oxygen atoms in total. The van der Waals surface area contributed by atoms with Gasteiger partial charge in [0, 0.05) is 16.8 Å². The van der Waals surface area contributed by atoms with Crippen LogP contribution in [0.4, 0.5) is 5.69 Å². The first-order valence-corrected chi connectivity index (χ1v) is 12.3. The number of hydrogen-bond donors (Lipinski definition) is 1. The Morgan fingerprint density at radius 2 is 1.57 bits per heavy atom. The van der Waals surface area contributed by atoms with Crippen molar-refractivity contribution in [3.05, 3.63) is 94.6 Å². The van der Waals surface area contributed by atoms with Gasteiger partial charge >= 0.3 is 0 Å². The summed E-state index contributed by atoms with van der Waals surface area (Å²) < 4.78 is 10.8. The third-order valence-electron chi connectivity index (χ3n) is 6.78. The van der Waals surface area contributed by atoms with Crippen LogP contribution in [0.5, 0.6) is 11.5 Å². The zero-order chi connectivity index (χ0) is 26.9. The number of ketones is 1. The average molecular weight is 500 g/mol. The molecular weight excluding hydrogens is 466 g/mol. The molecule has 0 aromatic heterocycles. The standard InChI is InChI=1S/C31H33NO5/c1-7-19-8-13-22(14-9-19)32-27(20-10-15-23(36-5)16-11-20)26(29(34)30(32)35)28(33)21-12-17-25(37-6)24(18-21)31(2,3)4/h8-18,27,33H,7H2,1-6H3/b28-26-. The summed E-state index contributed by atoms with van der Waals surface area (Å²) in [6, 6.07) is 19.2. The SMILES string of the molecule is CCc1ccc(N2C(=O)C(=O)/C(=C(\O)c3ccc(OC)c(C(C)(C)C)c3)C2c2ccc(OC)cc2)cc1. The van der Waals surface area contributed by atoms with Gasteiger partial charge in [-0.25, -0.2) is 0 Å². The van der Waals surface area contributed by atoms with Gasteiger partial charge in [-0.3, -0.25) is 14.5 Å². The van der Waals surface area contributed by atoms with Crippen molar-refractivity contribution in [3.8, 4) is 11.5 Å². The van der Waals surface area contributed by atoms with Crippen molar-refractivity contribution in [3.63, 3.8) is 0 Å². The number of methoxy groups -OCH3 is 2. The van der Waals surface area contributed by atoms with E-state index < -0.39 is 17.7 Å². The van der Waals surface area contributed by atoms with E-state index in [4.69, 9.17) is 9.47 Å². The summed E-state index contributed by atoms with van der Waals surface area (Å²) >= 11 is 0. The van der Waals surface area contributed by atoms with Gasteiger partial charge in [0.25, 0.3) is 11.7 Å². The molecule has 192 valence electrons. The maximum atomic E-state index is 13.5. The summed E-state index contributed by atoms with van der Waals surface area (Å²) in [5, 5.41) is 11.6. The number of benzene rings is 3. The third-order valence-corrected chi connectivity index (χ3v) is 6.78. The van der Waals surface area contributed by atoms with Gasteiger partial charge in [-0.05, 0) is 65.4 Å². The van der Waals surface area contributed by atoms with Gasteiger partial charge in [0.05, 0.1) is 25.8 Å². The molecule has 0 aliphatic carbocycles. The van der Waals surface area contributed by atoms with Crippen LogP contribution in [0.25, 0.3) is 5.76 Å². The Bertz CT molecular complexity index is 1350. The molecule has 6 heteroatoms. The number of nitrogens with zero attached hydrogens (tertiary/aromatic N) is 1. The number of amides is 1. The number of ether oxygens (including phenoxy) is 2. The van der Waals surface area contributed by atoms with Gasteiger partial charge in [0.2, 0.25) is 0 Å². The van der Waals surface area contributed by atoms with E-state index in [2.05, 4.69) is 6.92 Å². The number of aliphatic hydroxyl groups is 1. The van der Waals surface area contributed by atoms with Crippen LogP contribution < -0.4 is 14.4 Å². The molecule has 0 saturated carbocycles. The van der Waals surface area contributed by atoms with Gasteiger partial charge in [-0.1, -0.05) is 52.0 Å². The second-order valence-electron chi connectivity index (χ2n) is 10.1. The van der Waals surface area contributed by atoms with Crippen LogP contribution in [-0.2, 0) is 21.4 Å². The van der Waals surface area contributed by atoms with Crippen molar-refractivity contribution in [2.24, 2.45) is 0 Å². The monoisotopic (exact) mass is 499 g/mol. The van der Waals surface area contributed by atoms with Crippen molar-refractivity contribution in [1.29, 1.82) is 0 Å². The van der Waals surface area contributed by atoms with Crippen LogP contribution in [-0.4, -0.2) is 31.0 Å². The molecule has 1 fully saturated rings. The number of Topliss-reactive ketones (excluding diaryl/α,β-unsaturated/α-hetero) is 1. The highest BCUT2D eigenvalue weighted by molar-refractivity contribution is 6.51. The highest BCUT2D eigenvalue weighted by Crippen LogP contribution is 2.43. The van der Waals surface area contributed by atoms with Crippen LogP contribution >= 0.6 is 0 Å². The Morgan fingerprint density at radius 3 is 2.11 bits per heavy atom.